The van der Waals surface area contributed by atoms with Crippen LogP contribution in [-0.4, -0.2) is 11.8 Å². The van der Waals surface area contributed by atoms with Gasteiger partial charge in [0.2, 0.25) is 0 Å². The summed E-state index contributed by atoms with van der Waals surface area (Å²) in [6.45, 7) is 2.16. The van der Waals surface area contributed by atoms with Gasteiger partial charge in [-0.2, -0.15) is 0 Å². The fourth-order valence-corrected chi connectivity index (χ4v) is 2.05. The predicted octanol–water partition coefficient (Wildman–Crippen LogP) is 2.58. The zero-order valence-corrected chi connectivity index (χ0v) is 7.09. The van der Waals surface area contributed by atoms with Gasteiger partial charge in [-0.25, -0.2) is 0 Å². The highest BCUT2D eigenvalue weighted by Crippen LogP contribution is 2.28. The van der Waals surface area contributed by atoms with Gasteiger partial charge in [0.15, 0.2) is 0 Å². The van der Waals surface area contributed by atoms with Gasteiger partial charge in [0, 0.05) is 5.71 Å². The molecule has 0 radical (unpaired) electrons. The molecule has 1 heteroatoms. The molecule has 0 fully saturated rings. The molecule has 2 atom stereocenters. The summed E-state index contributed by atoms with van der Waals surface area (Å²) < 4.78 is 0. The Labute approximate surface area is 68.2 Å². The molecule has 0 aromatic carbocycles. The van der Waals surface area contributed by atoms with Crippen molar-refractivity contribution in [3.05, 3.63) is 12.2 Å². The molecular formula is C10H15N. The van der Waals surface area contributed by atoms with Crippen LogP contribution < -0.4 is 0 Å². The van der Waals surface area contributed by atoms with E-state index in [0.717, 1.165) is 5.92 Å². The first-order valence-electron chi connectivity index (χ1n) is 4.56. The molecule has 11 heavy (non-hydrogen) atoms. The molecule has 0 bridgehead atoms. The summed E-state index contributed by atoms with van der Waals surface area (Å²) in [6.07, 6.45) is 9.74. The van der Waals surface area contributed by atoms with Crippen molar-refractivity contribution in [2.45, 2.75) is 38.6 Å². The molecular weight excluding hydrogens is 134 g/mol. The van der Waals surface area contributed by atoms with E-state index >= 15 is 0 Å². The normalized spacial score (nSPS) is 36.3. The Balaban J connectivity index is 2.16. The largest absolute Gasteiger partial charge is 0.290 e. The van der Waals surface area contributed by atoms with Crippen molar-refractivity contribution < 1.29 is 0 Å². The molecule has 2 unspecified atom stereocenters. The highest BCUT2D eigenvalue weighted by Gasteiger charge is 2.23. The van der Waals surface area contributed by atoms with E-state index in [0.29, 0.717) is 6.04 Å². The van der Waals surface area contributed by atoms with Crippen LogP contribution >= 0.6 is 0 Å². The second-order valence-corrected chi connectivity index (χ2v) is 3.64. The average Bonchev–Trinajstić information content (AvgIpc) is 2.04. The third kappa shape index (κ3) is 1.37. The maximum atomic E-state index is 4.67. The Bertz CT molecular complexity index is 203. The summed E-state index contributed by atoms with van der Waals surface area (Å²) >= 11 is 0. The van der Waals surface area contributed by atoms with Crippen molar-refractivity contribution >= 4 is 5.71 Å². The lowest BCUT2D eigenvalue weighted by Crippen LogP contribution is -2.25. The average molecular weight is 149 g/mol. The van der Waals surface area contributed by atoms with Gasteiger partial charge in [0.25, 0.3) is 0 Å². The minimum absolute atomic E-state index is 0.633. The Morgan fingerprint density at radius 3 is 3.27 bits per heavy atom. The zero-order chi connectivity index (χ0) is 7.68. The number of nitrogens with zero attached hydrogens (tertiary/aromatic N) is 1. The second-order valence-electron chi connectivity index (χ2n) is 3.64. The molecule has 0 aromatic rings. The predicted molar refractivity (Wildman–Crippen MR) is 48.0 cm³/mol. The second kappa shape index (κ2) is 2.80. The van der Waals surface area contributed by atoms with E-state index in [1.54, 1.807) is 0 Å². The Hall–Kier alpha value is -0.590. The van der Waals surface area contributed by atoms with E-state index in [-0.39, 0.29) is 0 Å². The molecule has 60 valence electrons. The summed E-state index contributed by atoms with van der Waals surface area (Å²) in [5.41, 5.74) is 1.36. The fraction of sp³-hybridized carbons (Fsp3) is 0.700. The zero-order valence-electron chi connectivity index (χ0n) is 7.09. The number of hydrogen-bond donors (Lipinski definition) is 0. The topological polar surface area (TPSA) is 12.4 Å². The first-order valence-corrected chi connectivity index (χ1v) is 4.56. The van der Waals surface area contributed by atoms with E-state index in [4.69, 9.17) is 0 Å². The Morgan fingerprint density at radius 2 is 2.36 bits per heavy atom. The Kier molecular flexibility index (Phi) is 1.80. The maximum Gasteiger partial charge on any atom is 0.0564 e. The number of aliphatic imine (C=N–C) groups is 1. The minimum Gasteiger partial charge on any atom is -0.290 e. The minimum atomic E-state index is 0.633. The number of allylic oxidation sites excluding steroid dienone is 1. The molecule has 0 N–H and O–H groups in total. The van der Waals surface area contributed by atoms with Crippen LogP contribution in [0.15, 0.2) is 17.1 Å². The monoisotopic (exact) mass is 149 g/mol. The van der Waals surface area contributed by atoms with Crippen molar-refractivity contribution in [2.24, 2.45) is 10.9 Å². The molecule has 0 saturated heterocycles. The highest BCUT2D eigenvalue weighted by molar-refractivity contribution is 5.82. The smallest absolute Gasteiger partial charge is 0.0564 e. The van der Waals surface area contributed by atoms with E-state index in [2.05, 4.69) is 24.1 Å². The molecule has 0 amide bonds. The standard InChI is InChI=1S/C10H15N/c1-8-6-7-9-4-2-3-5-10(9)11-8/h2,4,9-10H,3,5-7H2,1H3. The van der Waals surface area contributed by atoms with Crippen molar-refractivity contribution in [2.75, 3.05) is 0 Å². The maximum absolute atomic E-state index is 4.67. The van der Waals surface area contributed by atoms with Crippen molar-refractivity contribution in [3.63, 3.8) is 0 Å². The van der Waals surface area contributed by atoms with Crippen LogP contribution in [0.1, 0.15) is 32.6 Å². The lowest BCUT2D eigenvalue weighted by Gasteiger charge is -2.28. The summed E-state index contributed by atoms with van der Waals surface area (Å²) in [5.74, 6) is 0.771. The van der Waals surface area contributed by atoms with Gasteiger partial charge in [-0.05, 0) is 38.5 Å². The lowest BCUT2D eigenvalue weighted by atomic mass is 9.84. The molecule has 1 aliphatic carbocycles. The van der Waals surface area contributed by atoms with Gasteiger partial charge in [0.05, 0.1) is 6.04 Å². The third-order valence-electron chi connectivity index (χ3n) is 2.73. The molecule has 1 aliphatic heterocycles. The molecule has 1 heterocycles. The van der Waals surface area contributed by atoms with Gasteiger partial charge in [0.1, 0.15) is 0 Å². The van der Waals surface area contributed by atoms with Crippen LogP contribution in [0, 0.1) is 5.92 Å². The van der Waals surface area contributed by atoms with Crippen LogP contribution in [0.5, 0.6) is 0 Å². The first kappa shape index (κ1) is 7.08. The van der Waals surface area contributed by atoms with Crippen LogP contribution in [0.2, 0.25) is 0 Å². The lowest BCUT2D eigenvalue weighted by molar-refractivity contribution is 0.421. The van der Waals surface area contributed by atoms with Crippen molar-refractivity contribution in [1.82, 2.24) is 0 Å². The number of hydrogen-bond acceptors (Lipinski definition) is 1. The number of fused-ring (bicyclic) bond motifs is 1. The Morgan fingerprint density at radius 1 is 1.45 bits per heavy atom. The number of rotatable bonds is 0. The summed E-state index contributed by atoms with van der Waals surface area (Å²) in [4.78, 5) is 4.67. The van der Waals surface area contributed by atoms with E-state index in [9.17, 15) is 0 Å². The van der Waals surface area contributed by atoms with E-state index in [1.807, 2.05) is 0 Å². The summed E-state index contributed by atoms with van der Waals surface area (Å²) in [5, 5.41) is 0. The SMILES string of the molecule is CC1=NC2CCC=CC2CC1. The van der Waals surface area contributed by atoms with Gasteiger partial charge in [-0.3, -0.25) is 4.99 Å². The molecule has 2 rings (SSSR count). The van der Waals surface area contributed by atoms with Crippen LogP contribution in [0.3, 0.4) is 0 Å². The van der Waals surface area contributed by atoms with Crippen molar-refractivity contribution in [3.8, 4) is 0 Å². The first-order chi connectivity index (χ1) is 5.36. The molecule has 1 nitrogen and oxygen atoms in total. The van der Waals surface area contributed by atoms with E-state index in [1.165, 1.54) is 31.4 Å². The van der Waals surface area contributed by atoms with Gasteiger partial charge < -0.3 is 0 Å². The summed E-state index contributed by atoms with van der Waals surface area (Å²) in [7, 11) is 0. The van der Waals surface area contributed by atoms with Crippen molar-refractivity contribution in [1.29, 1.82) is 0 Å². The highest BCUT2D eigenvalue weighted by atomic mass is 14.8. The van der Waals surface area contributed by atoms with Crippen LogP contribution in [0.4, 0.5) is 0 Å². The van der Waals surface area contributed by atoms with E-state index < -0.39 is 0 Å². The molecule has 2 aliphatic rings. The molecule has 0 spiro atoms. The van der Waals surface area contributed by atoms with Gasteiger partial charge >= 0.3 is 0 Å². The third-order valence-corrected chi connectivity index (χ3v) is 2.73. The molecule has 0 aromatic heterocycles. The van der Waals surface area contributed by atoms with Gasteiger partial charge in [-0.1, -0.05) is 12.2 Å². The van der Waals surface area contributed by atoms with Crippen LogP contribution in [-0.2, 0) is 0 Å². The molecule has 0 saturated carbocycles. The van der Waals surface area contributed by atoms with Gasteiger partial charge in [-0.15, -0.1) is 0 Å². The quantitative estimate of drug-likeness (QED) is 0.469. The fourth-order valence-electron chi connectivity index (χ4n) is 2.05. The van der Waals surface area contributed by atoms with Crippen LogP contribution in [0.25, 0.3) is 0 Å². The summed E-state index contributed by atoms with van der Waals surface area (Å²) in [6, 6.07) is 0.633.